The molecule has 0 unspecified atom stereocenters. The van der Waals surface area contributed by atoms with Gasteiger partial charge in [0.25, 0.3) is 0 Å². The predicted octanol–water partition coefficient (Wildman–Crippen LogP) is 2.30. The van der Waals surface area contributed by atoms with E-state index in [1.54, 1.807) is 6.07 Å². The Morgan fingerprint density at radius 3 is 2.62 bits per heavy atom. The zero-order valence-electron chi connectivity index (χ0n) is 6.30. The molecule has 13 heavy (non-hydrogen) atoms. The number of alkyl halides is 2. The van der Waals surface area contributed by atoms with Gasteiger partial charge in [-0.05, 0) is 12.1 Å². The molecule has 0 aliphatic rings. The molecule has 0 aromatic heterocycles. The van der Waals surface area contributed by atoms with Crippen molar-refractivity contribution < 1.29 is 17.9 Å². The van der Waals surface area contributed by atoms with Gasteiger partial charge in [-0.2, -0.15) is 14.0 Å². The van der Waals surface area contributed by atoms with E-state index in [-0.39, 0.29) is 5.56 Å². The molecule has 0 heterocycles. The minimum Gasteiger partial charge on any atom is -0.432 e. The first kappa shape index (κ1) is 9.39. The zero-order chi connectivity index (χ0) is 9.84. The van der Waals surface area contributed by atoms with E-state index in [9.17, 15) is 13.2 Å². The second-order valence-electron chi connectivity index (χ2n) is 2.14. The molecule has 0 N–H and O–H groups in total. The molecule has 68 valence electrons. The van der Waals surface area contributed by atoms with Crippen LogP contribution in [-0.4, -0.2) is 6.61 Å². The second kappa shape index (κ2) is 3.81. The first-order valence-electron chi connectivity index (χ1n) is 3.28. The van der Waals surface area contributed by atoms with Gasteiger partial charge in [-0.3, -0.25) is 0 Å². The van der Waals surface area contributed by atoms with Crippen LogP contribution in [-0.2, 0) is 0 Å². The molecule has 0 aliphatic heterocycles. The third kappa shape index (κ3) is 2.37. The molecule has 0 amide bonds. The highest BCUT2D eigenvalue weighted by atomic mass is 19.3. The maximum absolute atomic E-state index is 12.7. The van der Waals surface area contributed by atoms with Gasteiger partial charge >= 0.3 is 6.61 Å². The van der Waals surface area contributed by atoms with Crippen LogP contribution in [0.4, 0.5) is 13.2 Å². The highest BCUT2D eigenvalue weighted by Gasteiger charge is 2.09. The highest BCUT2D eigenvalue weighted by molar-refractivity contribution is 5.37. The van der Waals surface area contributed by atoms with Crippen molar-refractivity contribution >= 4 is 0 Å². The van der Waals surface area contributed by atoms with Crippen LogP contribution in [0.15, 0.2) is 18.2 Å². The largest absolute Gasteiger partial charge is 0.432 e. The SMILES string of the molecule is N#Cc1ccc(F)c(OC(F)F)c1. The van der Waals surface area contributed by atoms with Crippen LogP contribution in [0.2, 0.25) is 0 Å². The summed E-state index contributed by atoms with van der Waals surface area (Å²) < 4.78 is 39.9. The quantitative estimate of drug-likeness (QED) is 0.711. The summed E-state index contributed by atoms with van der Waals surface area (Å²) in [7, 11) is 0. The fraction of sp³-hybridized carbons (Fsp3) is 0.125. The number of halogens is 3. The molecule has 0 atom stereocenters. The first-order chi connectivity index (χ1) is 6.13. The van der Waals surface area contributed by atoms with Crippen LogP contribution in [0.25, 0.3) is 0 Å². The van der Waals surface area contributed by atoms with Crippen molar-refractivity contribution in [3.63, 3.8) is 0 Å². The number of nitriles is 1. The zero-order valence-corrected chi connectivity index (χ0v) is 6.30. The third-order valence-electron chi connectivity index (χ3n) is 1.28. The Labute approximate surface area is 72.2 Å². The Hall–Kier alpha value is -1.70. The lowest BCUT2D eigenvalue weighted by Crippen LogP contribution is -2.03. The topological polar surface area (TPSA) is 33.0 Å². The number of hydrogen-bond acceptors (Lipinski definition) is 2. The van der Waals surface area contributed by atoms with Crippen molar-refractivity contribution in [1.82, 2.24) is 0 Å². The summed E-state index contributed by atoms with van der Waals surface area (Å²) in [5, 5.41) is 8.37. The molecule has 0 aliphatic carbocycles. The predicted molar refractivity (Wildman–Crippen MR) is 37.7 cm³/mol. The van der Waals surface area contributed by atoms with Gasteiger partial charge in [0, 0.05) is 6.07 Å². The molecular weight excluding hydrogens is 183 g/mol. The first-order valence-corrected chi connectivity index (χ1v) is 3.28. The molecule has 1 aromatic rings. The van der Waals surface area contributed by atoms with Crippen molar-refractivity contribution in [2.75, 3.05) is 0 Å². The van der Waals surface area contributed by atoms with E-state index in [1.165, 1.54) is 6.07 Å². The molecule has 2 nitrogen and oxygen atoms in total. The number of ether oxygens (including phenoxy) is 1. The number of hydrogen-bond donors (Lipinski definition) is 0. The molecule has 0 bridgehead atoms. The van der Waals surface area contributed by atoms with E-state index in [4.69, 9.17) is 5.26 Å². The lowest BCUT2D eigenvalue weighted by Gasteiger charge is -2.04. The van der Waals surface area contributed by atoms with E-state index < -0.39 is 18.2 Å². The number of benzene rings is 1. The molecule has 5 heteroatoms. The van der Waals surface area contributed by atoms with Crippen LogP contribution in [0.5, 0.6) is 5.75 Å². The van der Waals surface area contributed by atoms with E-state index in [0.717, 1.165) is 12.1 Å². The van der Waals surface area contributed by atoms with Crippen molar-refractivity contribution in [1.29, 1.82) is 5.26 Å². The molecule has 0 radical (unpaired) electrons. The molecule has 1 rings (SSSR count). The van der Waals surface area contributed by atoms with Crippen LogP contribution in [0.3, 0.4) is 0 Å². The Morgan fingerprint density at radius 1 is 1.38 bits per heavy atom. The fourth-order valence-corrected chi connectivity index (χ4v) is 0.759. The van der Waals surface area contributed by atoms with Gasteiger partial charge in [0.2, 0.25) is 0 Å². The third-order valence-corrected chi connectivity index (χ3v) is 1.28. The summed E-state index contributed by atoms with van der Waals surface area (Å²) in [6.45, 7) is -3.09. The van der Waals surface area contributed by atoms with Crippen molar-refractivity contribution in [2.45, 2.75) is 6.61 Å². The average molecular weight is 187 g/mol. The van der Waals surface area contributed by atoms with Crippen molar-refractivity contribution in [3.05, 3.63) is 29.6 Å². The summed E-state index contributed by atoms with van der Waals surface area (Å²) in [5.74, 6) is -1.53. The molecule has 0 saturated carbocycles. The Kier molecular flexibility index (Phi) is 2.75. The summed E-state index contributed by atoms with van der Waals surface area (Å²) >= 11 is 0. The summed E-state index contributed by atoms with van der Waals surface area (Å²) in [5.41, 5.74) is 0.0667. The molecule has 0 spiro atoms. The van der Waals surface area contributed by atoms with Gasteiger partial charge in [0.1, 0.15) is 0 Å². The van der Waals surface area contributed by atoms with Gasteiger partial charge in [-0.1, -0.05) is 0 Å². The molecular formula is C8H4F3NO. The summed E-state index contributed by atoms with van der Waals surface area (Å²) in [4.78, 5) is 0. The van der Waals surface area contributed by atoms with Crippen LogP contribution < -0.4 is 4.74 Å². The smallest absolute Gasteiger partial charge is 0.387 e. The maximum Gasteiger partial charge on any atom is 0.387 e. The van der Waals surface area contributed by atoms with Gasteiger partial charge in [0.05, 0.1) is 11.6 Å². The molecule has 0 saturated heterocycles. The van der Waals surface area contributed by atoms with Gasteiger partial charge in [0.15, 0.2) is 11.6 Å². The normalized spacial score (nSPS) is 9.77. The second-order valence-corrected chi connectivity index (χ2v) is 2.14. The van der Waals surface area contributed by atoms with Gasteiger partial charge < -0.3 is 4.74 Å². The van der Waals surface area contributed by atoms with E-state index in [0.29, 0.717) is 0 Å². The van der Waals surface area contributed by atoms with Gasteiger partial charge in [-0.25, -0.2) is 4.39 Å². The van der Waals surface area contributed by atoms with Crippen LogP contribution in [0.1, 0.15) is 5.56 Å². The van der Waals surface area contributed by atoms with E-state index in [1.807, 2.05) is 0 Å². The molecule has 0 fully saturated rings. The minimum absolute atomic E-state index is 0.0667. The lowest BCUT2D eigenvalue weighted by atomic mass is 10.2. The minimum atomic E-state index is -3.09. The monoisotopic (exact) mass is 187 g/mol. The Morgan fingerprint density at radius 2 is 2.08 bits per heavy atom. The van der Waals surface area contributed by atoms with E-state index >= 15 is 0 Å². The molecule has 1 aromatic carbocycles. The Bertz CT molecular complexity index is 346. The van der Waals surface area contributed by atoms with Crippen molar-refractivity contribution in [2.24, 2.45) is 0 Å². The van der Waals surface area contributed by atoms with Gasteiger partial charge in [-0.15, -0.1) is 0 Å². The van der Waals surface area contributed by atoms with E-state index in [2.05, 4.69) is 4.74 Å². The standard InChI is InChI=1S/C8H4F3NO/c9-6-2-1-5(4-12)3-7(6)13-8(10)11/h1-3,8H. The van der Waals surface area contributed by atoms with Crippen LogP contribution in [0, 0.1) is 17.1 Å². The summed E-state index contributed by atoms with van der Waals surface area (Å²) in [6, 6.07) is 4.67. The highest BCUT2D eigenvalue weighted by Crippen LogP contribution is 2.20. The fourth-order valence-electron chi connectivity index (χ4n) is 0.759. The van der Waals surface area contributed by atoms with Crippen LogP contribution >= 0.6 is 0 Å². The number of nitrogens with zero attached hydrogens (tertiary/aromatic N) is 1. The lowest BCUT2D eigenvalue weighted by molar-refractivity contribution is -0.0521. The number of rotatable bonds is 2. The average Bonchev–Trinajstić information content (AvgIpc) is 2.08. The maximum atomic E-state index is 12.7. The Balaban J connectivity index is 2.99. The van der Waals surface area contributed by atoms with Crippen molar-refractivity contribution in [3.8, 4) is 11.8 Å². The summed E-state index contributed by atoms with van der Waals surface area (Å²) in [6.07, 6.45) is 0.